The molecule has 1 amide bonds. The molecule has 0 radical (unpaired) electrons. The molecule has 5 rings (SSSR count). The van der Waals surface area contributed by atoms with Gasteiger partial charge in [0.05, 0.1) is 0 Å². The van der Waals surface area contributed by atoms with Gasteiger partial charge in [0.15, 0.2) is 5.76 Å². The molecule has 2 aromatic carbocycles. The van der Waals surface area contributed by atoms with Gasteiger partial charge in [-0.3, -0.25) is 4.79 Å². The Morgan fingerprint density at radius 3 is 2.71 bits per heavy atom. The Bertz CT molecular complexity index is 1460. The highest BCUT2D eigenvalue weighted by atomic mass is 32.2. The van der Waals surface area contributed by atoms with E-state index in [0.29, 0.717) is 28.5 Å². The van der Waals surface area contributed by atoms with Crippen molar-refractivity contribution < 1.29 is 13.9 Å². The molecule has 7 nitrogen and oxygen atoms in total. The van der Waals surface area contributed by atoms with Crippen molar-refractivity contribution in [3.63, 3.8) is 0 Å². The normalized spacial score (nSPS) is 11.0. The molecule has 0 bridgehead atoms. The van der Waals surface area contributed by atoms with Crippen LogP contribution in [-0.4, -0.2) is 20.9 Å². The number of thiazole rings is 1. The number of anilines is 1. The standard InChI is InChI=1S/C25H20N4O3S2/c1-15-12-17(31-24-26-10-5-11-27-24)8-9-20(15)29-23(30)22-19(14-34-25-28-16(2)13-33-25)18-6-3-4-7-21(18)32-22/h3-13H,14H2,1-2H3,(H,29,30). The van der Waals surface area contributed by atoms with Gasteiger partial charge in [-0.2, -0.15) is 0 Å². The molecule has 5 aromatic rings. The first-order valence-electron chi connectivity index (χ1n) is 10.5. The summed E-state index contributed by atoms with van der Waals surface area (Å²) in [5.74, 6) is 1.17. The summed E-state index contributed by atoms with van der Waals surface area (Å²) in [7, 11) is 0. The fourth-order valence-electron chi connectivity index (χ4n) is 3.42. The zero-order chi connectivity index (χ0) is 23.5. The summed E-state index contributed by atoms with van der Waals surface area (Å²) in [6.45, 7) is 3.87. The van der Waals surface area contributed by atoms with Crippen molar-refractivity contribution in [2.45, 2.75) is 23.9 Å². The van der Waals surface area contributed by atoms with Gasteiger partial charge in [-0.1, -0.05) is 30.0 Å². The summed E-state index contributed by atoms with van der Waals surface area (Å²) in [5.41, 5.74) is 4.03. The minimum atomic E-state index is -0.301. The Morgan fingerprint density at radius 1 is 1.12 bits per heavy atom. The Labute approximate surface area is 204 Å². The number of hydrogen-bond donors (Lipinski definition) is 1. The third-order valence-electron chi connectivity index (χ3n) is 5.04. The molecule has 0 saturated carbocycles. The third kappa shape index (κ3) is 4.80. The molecule has 3 heterocycles. The molecule has 170 valence electrons. The van der Waals surface area contributed by atoms with Crippen LogP contribution < -0.4 is 10.1 Å². The van der Waals surface area contributed by atoms with E-state index in [-0.39, 0.29) is 11.9 Å². The van der Waals surface area contributed by atoms with Crippen LogP contribution in [0.5, 0.6) is 11.8 Å². The average molecular weight is 489 g/mol. The van der Waals surface area contributed by atoms with Gasteiger partial charge in [-0.15, -0.1) is 11.3 Å². The maximum atomic E-state index is 13.3. The molecule has 0 aliphatic heterocycles. The Kier molecular flexibility index (Phi) is 6.29. The molecule has 0 spiro atoms. The summed E-state index contributed by atoms with van der Waals surface area (Å²) in [6, 6.07) is 15.1. The summed E-state index contributed by atoms with van der Waals surface area (Å²) in [5, 5.41) is 5.92. The van der Waals surface area contributed by atoms with E-state index < -0.39 is 0 Å². The largest absolute Gasteiger partial charge is 0.451 e. The number of amides is 1. The number of fused-ring (bicyclic) bond motifs is 1. The van der Waals surface area contributed by atoms with Crippen LogP contribution in [0.3, 0.4) is 0 Å². The van der Waals surface area contributed by atoms with E-state index in [1.807, 2.05) is 49.6 Å². The number of carbonyl (C=O) groups is 1. The maximum absolute atomic E-state index is 13.3. The Hall–Kier alpha value is -3.69. The fourth-order valence-corrected chi connectivity index (χ4v) is 5.30. The molecule has 3 aromatic heterocycles. The molecule has 0 aliphatic rings. The number of hydrogen-bond acceptors (Lipinski definition) is 8. The van der Waals surface area contributed by atoms with Crippen molar-refractivity contribution in [1.29, 1.82) is 0 Å². The Morgan fingerprint density at radius 2 is 1.94 bits per heavy atom. The number of para-hydroxylation sites is 1. The van der Waals surface area contributed by atoms with Gasteiger partial charge >= 0.3 is 6.01 Å². The predicted molar refractivity (Wildman–Crippen MR) is 134 cm³/mol. The first kappa shape index (κ1) is 22.1. The van der Waals surface area contributed by atoms with E-state index in [9.17, 15) is 4.79 Å². The molecular formula is C25H20N4O3S2. The van der Waals surface area contributed by atoms with Crippen molar-refractivity contribution in [3.8, 4) is 11.8 Å². The molecule has 0 aliphatic carbocycles. The number of thioether (sulfide) groups is 1. The third-order valence-corrected chi connectivity index (χ3v) is 7.21. The van der Waals surface area contributed by atoms with Crippen LogP contribution in [0.15, 0.2) is 75.1 Å². The summed E-state index contributed by atoms with van der Waals surface area (Å²) < 4.78 is 12.6. The minimum Gasteiger partial charge on any atom is -0.451 e. The van der Waals surface area contributed by atoms with E-state index in [1.54, 1.807) is 53.7 Å². The summed E-state index contributed by atoms with van der Waals surface area (Å²) in [6.07, 6.45) is 3.23. The van der Waals surface area contributed by atoms with Crippen molar-refractivity contribution in [2.24, 2.45) is 0 Å². The van der Waals surface area contributed by atoms with Crippen LogP contribution >= 0.6 is 23.1 Å². The highest BCUT2D eigenvalue weighted by molar-refractivity contribution is 8.00. The number of aryl methyl sites for hydroxylation is 2. The lowest BCUT2D eigenvalue weighted by atomic mass is 10.1. The monoisotopic (exact) mass is 488 g/mol. The molecule has 0 fully saturated rings. The maximum Gasteiger partial charge on any atom is 0.321 e. The minimum absolute atomic E-state index is 0.263. The molecule has 0 unspecified atom stereocenters. The van der Waals surface area contributed by atoms with E-state index in [1.165, 1.54) is 0 Å². The average Bonchev–Trinajstić information content (AvgIpc) is 3.43. The SMILES string of the molecule is Cc1csc(SCc2c(C(=O)Nc3ccc(Oc4ncccn4)cc3C)oc3ccccc23)n1. The number of nitrogens with one attached hydrogen (secondary N) is 1. The van der Waals surface area contributed by atoms with Crippen molar-refractivity contribution in [3.05, 3.63) is 88.9 Å². The molecule has 34 heavy (non-hydrogen) atoms. The molecule has 9 heteroatoms. The lowest BCUT2D eigenvalue weighted by Gasteiger charge is -2.10. The molecule has 0 saturated heterocycles. The Balaban J connectivity index is 1.38. The van der Waals surface area contributed by atoms with Crippen LogP contribution in [0.25, 0.3) is 11.0 Å². The first-order valence-corrected chi connectivity index (χ1v) is 12.4. The van der Waals surface area contributed by atoms with Crippen molar-refractivity contribution in [1.82, 2.24) is 15.0 Å². The van der Waals surface area contributed by atoms with Gasteiger partial charge in [-0.05, 0) is 49.7 Å². The van der Waals surface area contributed by atoms with Gasteiger partial charge in [0.2, 0.25) is 0 Å². The zero-order valence-corrected chi connectivity index (χ0v) is 20.1. The number of nitrogens with zero attached hydrogens (tertiary/aromatic N) is 3. The van der Waals surface area contributed by atoms with Gasteiger partial charge in [-0.25, -0.2) is 15.0 Å². The van der Waals surface area contributed by atoms with Crippen LogP contribution in [0.4, 0.5) is 5.69 Å². The molecule has 1 N–H and O–H groups in total. The highest BCUT2D eigenvalue weighted by Crippen LogP contribution is 2.34. The highest BCUT2D eigenvalue weighted by Gasteiger charge is 2.22. The smallest absolute Gasteiger partial charge is 0.321 e. The second kappa shape index (κ2) is 9.66. The number of furan rings is 1. The van der Waals surface area contributed by atoms with E-state index in [0.717, 1.165) is 26.5 Å². The van der Waals surface area contributed by atoms with Crippen molar-refractivity contribution >= 4 is 45.7 Å². The van der Waals surface area contributed by atoms with Crippen LogP contribution in [-0.2, 0) is 5.75 Å². The number of rotatable bonds is 7. The molecular weight excluding hydrogens is 468 g/mol. The fraction of sp³-hybridized carbons (Fsp3) is 0.120. The van der Waals surface area contributed by atoms with Crippen molar-refractivity contribution in [2.75, 3.05) is 5.32 Å². The second-order valence-corrected chi connectivity index (χ2v) is 9.59. The van der Waals surface area contributed by atoms with E-state index in [4.69, 9.17) is 9.15 Å². The number of benzene rings is 2. The van der Waals surface area contributed by atoms with E-state index >= 15 is 0 Å². The zero-order valence-electron chi connectivity index (χ0n) is 18.4. The molecule has 0 atom stereocenters. The quantitative estimate of drug-likeness (QED) is 0.257. The summed E-state index contributed by atoms with van der Waals surface area (Å²) >= 11 is 3.19. The topological polar surface area (TPSA) is 90.1 Å². The number of carbonyl (C=O) groups excluding carboxylic acids is 1. The van der Waals surface area contributed by atoms with Gasteiger partial charge in [0.25, 0.3) is 5.91 Å². The van der Waals surface area contributed by atoms with Gasteiger partial charge < -0.3 is 14.5 Å². The lowest BCUT2D eigenvalue weighted by Crippen LogP contribution is -2.13. The van der Waals surface area contributed by atoms with E-state index in [2.05, 4.69) is 20.3 Å². The lowest BCUT2D eigenvalue weighted by molar-refractivity contribution is 0.0997. The second-order valence-electron chi connectivity index (χ2n) is 7.51. The van der Waals surface area contributed by atoms with Crippen LogP contribution in [0, 0.1) is 13.8 Å². The van der Waals surface area contributed by atoms with Crippen LogP contribution in [0.1, 0.15) is 27.4 Å². The van der Waals surface area contributed by atoms with Crippen LogP contribution in [0.2, 0.25) is 0 Å². The van der Waals surface area contributed by atoms with Gasteiger partial charge in [0, 0.05) is 45.9 Å². The predicted octanol–water partition coefficient (Wildman–Crippen LogP) is 6.63. The number of aromatic nitrogens is 3. The first-order chi connectivity index (χ1) is 16.6. The van der Waals surface area contributed by atoms with Gasteiger partial charge in [0.1, 0.15) is 15.7 Å². The summed E-state index contributed by atoms with van der Waals surface area (Å²) in [4.78, 5) is 25.9. The number of ether oxygens (including phenoxy) is 1.